The van der Waals surface area contributed by atoms with Crippen LogP contribution in [0.3, 0.4) is 0 Å². The summed E-state index contributed by atoms with van der Waals surface area (Å²) in [6, 6.07) is 7.84. The first-order valence-corrected chi connectivity index (χ1v) is 13.4. The topological polar surface area (TPSA) is 311 Å². The van der Waals surface area contributed by atoms with Gasteiger partial charge in [0.1, 0.15) is 46.2 Å². The predicted molar refractivity (Wildman–Crippen MR) is 149 cm³/mol. The second-order valence-electron chi connectivity index (χ2n) is 11.0. The summed E-state index contributed by atoms with van der Waals surface area (Å²) >= 11 is 0. The fourth-order valence-electron chi connectivity index (χ4n) is 5.67. The Bertz CT molecular complexity index is 1920. The third-order valence-corrected chi connectivity index (χ3v) is 7.97. The molecule has 0 aromatic heterocycles. The van der Waals surface area contributed by atoms with E-state index in [1.165, 1.54) is 0 Å². The molecule has 2 aliphatic rings. The number of fused-ring (bicyclic) bond motifs is 2. The molecule has 47 heavy (non-hydrogen) atoms. The fourth-order valence-corrected chi connectivity index (χ4v) is 5.67. The molecule has 2 aliphatic heterocycles. The van der Waals surface area contributed by atoms with E-state index in [0.29, 0.717) is 18.2 Å². The lowest BCUT2D eigenvalue weighted by Crippen LogP contribution is -2.73. The summed E-state index contributed by atoms with van der Waals surface area (Å²) in [6.07, 6.45) is -4.72. The normalized spacial score (nSPS) is 25.6. The highest BCUT2D eigenvalue weighted by atomic mass is 16.8. The molecule has 0 aliphatic carbocycles. The van der Waals surface area contributed by atoms with Crippen LogP contribution >= 0.6 is 0 Å². The number of rotatable bonds is 4. The molecule has 0 saturated carbocycles. The van der Waals surface area contributed by atoms with Crippen molar-refractivity contribution in [2.24, 2.45) is 0 Å². The van der Waals surface area contributed by atoms with E-state index in [2.05, 4.69) is 0 Å². The molecule has 14 N–H and O–H groups in total. The number of aliphatic hydroxyl groups excluding tert-OH is 1. The smallest absolute Gasteiger partial charge is 0.300 e. The van der Waals surface area contributed by atoms with Gasteiger partial charge in [-0.25, -0.2) is 0 Å². The lowest BCUT2D eigenvalue weighted by Gasteiger charge is -2.55. The molecule has 0 fully saturated rings. The Balaban J connectivity index is 1.67. The van der Waals surface area contributed by atoms with Gasteiger partial charge in [0.15, 0.2) is 29.1 Å². The zero-order valence-electron chi connectivity index (χ0n) is 23.4. The molecule has 0 radical (unpaired) electrons. The van der Waals surface area contributed by atoms with Gasteiger partial charge in [-0.1, -0.05) is 6.07 Å². The van der Waals surface area contributed by atoms with Gasteiger partial charge < -0.3 is 81.0 Å². The molecular formula is C30H26O17. The lowest BCUT2D eigenvalue weighted by atomic mass is 9.81. The minimum absolute atomic E-state index is 0.328. The van der Waals surface area contributed by atoms with E-state index in [-0.39, 0.29) is 5.56 Å². The molecule has 4 aromatic rings. The van der Waals surface area contributed by atoms with E-state index in [4.69, 9.17) is 14.2 Å². The number of hydrogen-bond acceptors (Lipinski definition) is 17. The Hall–Kier alpha value is -5.40. The monoisotopic (exact) mass is 658 g/mol. The van der Waals surface area contributed by atoms with Gasteiger partial charge in [-0.2, -0.15) is 0 Å². The van der Waals surface area contributed by atoms with E-state index in [1.807, 2.05) is 0 Å². The molecule has 0 saturated heterocycles. The number of hydrogen-bond donors (Lipinski definition) is 14. The number of aromatic hydroxyl groups is 8. The summed E-state index contributed by atoms with van der Waals surface area (Å²) in [5.74, 6) is -23.5. The van der Waals surface area contributed by atoms with Crippen molar-refractivity contribution in [3.05, 3.63) is 82.9 Å². The van der Waals surface area contributed by atoms with E-state index >= 15 is 0 Å². The number of aliphatic hydroxyl groups is 6. The summed E-state index contributed by atoms with van der Waals surface area (Å²) in [5, 5.41) is 151. The zero-order valence-corrected chi connectivity index (χ0v) is 23.4. The molecule has 17 nitrogen and oxygen atoms in total. The van der Waals surface area contributed by atoms with Gasteiger partial charge in [0.2, 0.25) is 5.79 Å². The quantitative estimate of drug-likeness (QED) is 0.101. The van der Waals surface area contributed by atoms with Crippen LogP contribution in [0.2, 0.25) is 0 Å². The van der Waals surface area contributed by atoms with Gasteiger partial charge in [-0.05, 0) is 30.3 Å². The van der Waals surface area contributed by atoms with Crippen LogP contribution in [-0.2, 0) is 16.3 Å². The SMILES string of the molecule is Oc1cc(O)c2c(c1)OC(c1ccc(O)c(O)c1)C(O)(OC1(c3ccc(O)c(O)c3)Oc3cc(O)cc(O)c3C(O)(O)C1(O)O)C2O. The molecular weight excluding hydrogens is 632 g/mol. The van der Waals surface area contributed by atoms with Crippen molar-refractivity contribution >= 4 is 0 Å². The fraction of sp³-hybridized carbons (Fsp3) is 0.200. The third-order valence-electron chi connectivity index (χ3n) is 7.97. The summed E-state index contributed by atoms with van der Waals surface area (Å²) in [6.45, 7) is 0. The Morgan fingerprint density at radius 2 is 1.17 bits per heavy atom. The molecule has 4 unspecified atom stereocenters. The number of ether oxygens (including phenoxy) is 3. The Labute approximate surface area is 261 Å². The van der Waals surface area contributed by atoms with Crippen LogP contribution in [0.1, 0.15) is 34.5 Å². The van der Waals surface area contributed by atoms with Gasteiger partial charge in [0.05, 0.1) is 5.56 Å². The van der Waals surface area contributed by atoms with Crippen LogP contribution in [-0.4, -0.2) is 83.1 Å². The number of benzene rings is 4. The Kier molecular flexibility index (Phi) is 6.75. The molecule has 4 aromatic carbocycles. The maximum Gasteiger partial charge on any atom is 0.300 e. The standard InChI is InChI=1S/C30H26O17/c31-13-7-19(37)23-21(9-13)45-26(11-1-3-15(33)17(35)5-11)27(40,25(23)39)47-29(12-2-4-16(34)18(36)6-12)30(43,44)28(41,42)24-20(38)8-14(32)10-22(24)46-29/h1-10,25-26,31-44H. The molecule has 4 atom stereocenters. The lowest BCUT2D eigenvalue weighted by molar-refractivity contribution is -0.512. The van der Waals surface area contributed by atoms with Crippen molar-refractivity contribution in [1.82, 2.24) is 0 Å². The third kappa shape index (κ3) is 4.37. The first kappa shape index (κ1) is 31.6. The first-order chi connectivity index (χ1) is 21.8. The van der Waals surface area contributed by atoms with Crippen LogP contribution in [0.25, 0.3) is 0 Å². The first-order valence-electron chi connectivity index (χ1n) is 13.4. The van der Waals surface area contributed by atoms with Crippen LogP contribution in [0.5, 0.6) is 57.5 Å². The Morgan fingerprint density at radius 3 is 1.79 bits per heavy atom. The molecule has 2 heterocycles. The zero-order chi connectivity index (χ0) is 34.4. The molecule has 0 amide bonds. The maximum absolute atomic E-state index is 12.3. The summed E-state index contributed by atoms with van der Waals surface area (Å²) < 4.78 is 17.3. The van der Waals surface area contributed by atoms with Crippen molar-refractivity contribution in [1.29, 1.82) is 0 Å². The maximum atomic E-state index is 12.3. The molecule has 6 rings (SSSR count). The van der Waals surface area contributed by atoms with Gasteiger partial charge in [-0.15, -0.1) is 0 Å². The molecule has 0 bridgehead atoms. The largest absolute Gasteiger partial charge is 0.508 e. The van der Waals surface area contributed by atoms with E-state index in [1.54, 1.807) is 0 Å². The van der Waals surface area contributed by atoms with Crippen LogP contribution in [0.4, 0.5) is 0 Å². The molecule has 248 valence electrons. The van der Waals surface area contributed by atoms with Crippen LogP contribution in [0, 0.1) is 0 Å². The summed E-state index contributed by atoms with van der Waals surface area (Å²) in [7, 11) is 0. The van der Waals surface area contributed by atoms with E-state index in [9.17, 15) is 71.5 Å². The van der Waals surface area contributed by atoms with Crippen LogP contribution < -0.4 is 9.47 Å². The predicted octanol–water partition coefficient (Wildman–Crippen LogP) is -0.0324. The van der Waals surface area contributed by atoms with Gasteiger partial charge in [-0.3, -0.25) is 4.74 Å². The highest BCUT2D eigenvalue weighted by molar-refractivity contribution is 5.57. The van der Waals surface area contributed by atoms with Crippen molar-refractivity contribution in [2.75, 3.05) is 0 Å². The number of phenolic OH excluding ortho intramolecular Hbond substituents is 8. The minimum atomic E-state index is -4.31. The van der Waals surface area contributed by atoms with Gasteiger partial charge in [0, 0.05) is 35.4 Å². The van der Waals surface area contributed by atoms with Crippen molar-refractivity contribution < 1.29 is 85.7 Å². The highest BCUT2D eigenvalue weighted by Crippen LogP contribution is 2.61. The average molecular weight is 659 g/mol. The second-order valence-corrected chi connectivity index (χ2v) is 11.0. The van der Waals surface area contributed by atoms with Gasteiger partial charge in [0.25, 0.3) is 11.6 Å². The summed E-state index contributed by atoms with van der Waals surface area (Å²) in [5.41, 5.74) is -2.95. The minimum Gasteiger partial charge on any atom is -0.508 e. The average Bonchev–Trinajstić information content (AvgIpc) is 2.96. The van der Waals surface area contributed by atoms with Crippen molar-refractivity contribution in [2.45, 2.75) is 35.4 Å². The van der Waals surface area contributed by atoms with E-state index < -0.39 is 110 Å². The molecule has 17 heteroatoms. The number of phenols is 8. The van der Waals surface area contributed by atoms with Crippen molar-refractivity contribution in [3.8, 4) is 57.5 Å². The highest BCUT2D eigenvalue weighted by Gasteiger charge is 2.75. The Morgan fingerprint density at radius 1 is 0.596 bits per heavy atom. The second kappa shape index (κ2) is 10.0. The summed E-state index contributed by atoms with van der Waals surface area (Å²) in [4.78, 5) is 0. The molecule has 0 spiro atoms. The van der Waals surface area contributed by atoms with E-state index in [0.717, 1.165) is 42.5 Å². The van der Waals surface area contributed by atoms with Gasteiger partial charge >= 0.3 is 5.79 Å². The van der Waals surface area contributed by atoms with Crippen LogP contribution in [0.15, 0.2) is 60.7 Å². The van der Waals surface area contributed by atoms with Crippen molar-refractivity contribution in [3.63, 3.8) is 0 Å².